The van der Waals surface area contributed by atoms with Crippen LogP contribution in [0.3, 0.4) is 0 Å². The van der Waals surface area contributed by atoms with Crippen molar-refractivity contribution >= 4 is 11.3 Å². The molecule has 4 nitrogen and oxygen atoms in total. The molecule has 21 heavy (non-hydrogen) atoms. The Labute approximate surface area is 130 Å². The van der Waals surface area contributed by atoms with E-state index < -0.39 is 0 Å². The van der Waals surface area contributed by atoms with Crippen molar-refractivity contribution in [2.24, 2.45) is 0 Å². The largest absolute Gasteiger partial charge is 0.339 e. The fourth-order valence-corrected chi connectivity index (χ4v) is 3.48. The van der Waals surface area contributed by atoms with E-state index in [9.17, 15) is 0 Å². The highest BCUT2D eigenvalue weighted by atomic mass is 32.1. The first kappa shape index (κ1) is 15.7. The van der Waals surface area contributed by atoms with Crippen LogP contribution in [0.25, 0.3) is 0 Å². The van der Waals surface area contributed by atoms with Crippen molar-refractivity contribution in [3.8, 4) is 6.07 Å². The molecule has 0 aromatic carbocycles. The van der Waals surface area contributed by atoms with Crippen molar-refractivity contribution < 1.29 is 0 Å². The highest BCUT2D eigenvalue weighted by molar-refractivity contribution is 7.11. The Morgan fingerprint density at radius 3 is 2.67 bits per heavy atom. The molecular formula is C16H22N4S. The first-order valence-corrected chi connectivity index (χ1v) is 8.01. The molecule has 1 atom stereocenters. The Morgan fingerprint density at radius 1 is 1.48 bits per heavy atom. The fourth-order valence-electron chi connectivity index (χ4n) is 2.58. The molecule has 0 unspecified atom stereocenters. The SMILES string of the molecule is CCn1cc(CN(C)[C@@H](C)c2nc(C)sc2C)cc1C#N. The second-order valence-electron chi connectivity index (χ2n) is 5.40. The Kier molecular flexibility index (Phi) is 4.81. The lowest BCUT2D eigenvalue weighted by molar-refractivity contribution is 0.248. The smallest absolute Gasteiger partial charge is 0.120 e. The highest BCUT2D eigenvalue weighted by Crippen LogP contribution is 2.27. The van der Waals surface area contributed by atoms with Gasteiger partial charge in [0, 0.05) is 24.2 Å². The van der Waals surface area contributed by atoms with E-state index in [0.717, 1.165) is 29.5 Å². The van der Waals surface area contributed by atoms with Crippen LogP contribution in [-0.4, -0.2) is 21.5 Å². The molecule has 0 saturated heterocycles. The first-order chi connectivity index (χ1) is 9.96. The van der Waals surface area contributed by atoms with Crippen LogP contribution in [0.15, 0.2) is 12.3 Å². The van der Waals surface area contributed by atoms with Gasteiger partial charge in [0.15, 0.2) is 0 Å². The summed E-state index contributed by atoms with van der Waals surface area (Å²) in [5.74, 6) is 0. The number of thiazole rings is 1. The maximum atomic E-state index is 9.13. The molecule has 0 fully saturated rings. The van der Waals surface area contributed by atoms with Gasteiger partial charge in [-0.1, -0.05) is 0 Å². The third-order valence-corrected chi connectivity index (χ3v) is 4.74. The Morgan fingerprint density at radius 2 is 2.19 bits per heavy atom. The zero-order chi connectivity index (χ0) is 15.6. The summed E-state index contributed by atoms with van der Waals surface area (Å²) < 4.78 is 1.99. The minimum Gasteiger partial charge on any atom is -0.339 e. The molecule has 0 amide bonds. The molecule has 2 aromatic heterocycles. The van der Waals surface area contributed by atoms with Gasteiger partial charge in [0.25, 0.3) is 0 Å². The Bertz CT molecular complexity index is 662. The quantitative estimate of drug-likeness (QED) is 0.847. The molecule has 0 aliphatic rings. The number of rotatable bonds is 5. The third-order valence-electron chi connectivity index (χ3n) is 3.84. The predicted molar refractivity (Wildman–Crippen MR) is 86.3 cm³/mol. The van der Waals surface area contributed by atoms with E-state index in [1.807, 2.05) is 10.6 Å². The molecule has 2 heterocycles. The summed E-state index contributed by atoms with van der Waals surface area (Å²) in [7, 11) is 2.11. The summed E-state index contributed by atoms with van der Waals surface area (Å²) in [6, 6.07) is 4.49. The normalized spacial score (nSPS) is 12.6. The minimum atomic E-state index is 0.269. The van der Waals surface area contributed by atoms with E-state index >= 15 is 0 Å². The Balaban J connectivity index is 2.14. The fraction of sp³-hybridized carbons (Fsp3) is 0.500. The van der Waals surface area contributed by atoms with Crippen LogP contribution in [0, 0.1) is 25.2 Å². The molecule has 0 aliphatic heterocycles. The van der Waals surface area contributed by atoms with E-state index in [1.54, 1.807) is 11.3 Å². The molecule has 0 aliphatic carbocycles. The van der Waals surface area contributed by atoms with Gasteiger partial charge in [-0.05, 0) is 46.4 Å². The average Bonchev–Trinajstić information content (AvgIpc) is 3.00. The summed E-state index contributed by atoms with van der Waals surface area (Å²) in [6.45, 7) is 10.1. The van der Waals surface area contributed by atoms with Crippen molar-refractivity contribution in [2.45, 2.75) is 46.8 Å². The van der Waals surface area contributed by atoms with Crippen molar-refractivity contribution in [1.82, 2.24) is 14.5 Å². The van der Waals surface area contributed by atoms with Gasteiger partial charge in [-0.15, -0.1) is 11.3 Å². The monoisotopic (exact) mass is 302 g/mol. The van der Waals surface area contributed by atoms with Gasteiger partial charge in [0.2, 0.25) is 0 Å². The second kappa shape index (κ2) is 6.42. The van der Waals surface area contributed by atoms with E-state index in [-0.39, 0.29) is 6.04 Å². The summed E-state index contributed by atoms with van der Waals surface area (Å²) in [5.41, 5.74) is 3.07. The molecule has 0 N–H and O–H groups in total. The standard InChI is InChI=1S/C16H22N4S/c1-6-20-10-14(7-15(20)8-17)9-19(5)11(2)16-12(3)21-13(4)18-16/h7,10-11H,6,9H2,1-5H3/t11-/m0/s1. The summed E-state index contributed by atoms with van der Waals surface area (Å²) >= 11 is 1.75. The van der Waals surface area contributed by atoms with Gasteiger partial charge in [-0.2, -0.15) is 5.26 Å². The van der Waals surface area contributed by atoms with Gasteiger partial charge in [-0.25, -0.2) is 4.98 Å². The third kappa shape index (κ3) is 3.34. The van der Waals surface area contributed by atoms with E-state index in [2.05, 4.69) is 56.9 Å². The van der Waals surface area contributed by atoms with Gasteiger partial charge >= 0.3 is 0 Å². The topological polar surface area (TPSA) is 44.9 Å². The van der Waals surface area contributed by atoms with Crippen molar-refractivity contribution in [1.29, 1.82) is 5.26 Å². The number of nitrogens with zero attached hydrogens (tertiary/aromatic N) is 4. The van der Waals surface area contributed by atoms with Crippen LogP contribution in [-0.2, 0) is 13.1 Å². The van der Waals surface area contributed by atoms with Gasteiger partial charge in [0.1, 0.15) is 11.8 Å². The average molecular weight is 302 g/mol. The van der Waals surface area contributed by atoms with Crippen molar-refractivity contribution in [2.75, 3.05) is 7.05 Å². The second-order valence-corrected chi connectivity index (χ2v) is 6.80. The summed E-state index contributed by atoms with van der Waals surface area (Å²) in [6.07, 6.45) is 2.07. The lowest BCUT2D eigenvalue weighted by Crippen LogP contribution is -2.22. The summed E-state index contributed by atoms with van der Waals surface area (Å²) in [4.78, 5) is 8.21. The Hall–Kier alpha value is -1.64. The van der Waals surface area contributed by atoms with Crippen LogP contribution in [0.5, 0.6) is 0 Å². The number of nitriles is 1. The first-order valence-electron chi connectivity index (χ1n) is 7.19. The van der Waals surface area contributed by atoms with E-state index in [0.29, 0.717) is 0 Å². The maximum Gasteiger partial charge on any atom is 0.120 e. The molecular weight excluding hydrogens is 280 g/mol. The number of hydrogen-bond acceptors (Lipinski definition) is 4. The van der Waals surface area contributed by atoms with Gasteiger partial charge < -0.3 is 4.57 Å². The van der Waals surface area contributed by atoms with Crippen LogP contribution in [0.1, 0.15) is 46.7 Å². The summed E-state index contributed by atoms with van der Waals surface area (Å²) in [5, 5.41) is 10.2. The van der Waals surface area contributed by atoms with E-state index in [4.69, 9.17) is 5.26 Å². The van der Waals surface area contributed by atoms with Crippen LogP contribution in [0.2, 0.25) is 0 Å². The lowest BCUT2D eigenvalue weighted by Gasteiger charge is -2.23. The van der Waals surface area contributed by atoms with Crippen molar-refractivity contribution in [3.05, 3.63) is 39.1 Å². The van der Waals surface area contributed by atoms with Crippen LogP contribution >= 0.6 is 11.3 Å². The molecule has 0 bridgehead atoms. The zero-order valence-electron chi connectivity index (χ0n) is 13.3. The van der Waals surface area contributed by atoms with Crippen molar-refractivity contribution in [3.63, 3.8) is 0 Å². The minimum absolute atomic E-state index is 0.269. The van der Waals surface area contributed by atoms with Crippen LogP contribution in [0.4, 0.5) is 0 Å². The van der Waals surface area contributed by atoms with Crippen LogP contribution < -0.4 is 0 Å². The molecule has 0 spiro atoms. The lowest BCUT2D eigenvalue weighted by atomic mass is 10.1. The van der Waals surface area contributed by atoms with E-state index in [1.165, 1.54) is 10.4 Å². The van der Waals surface area contributed by atoms with Gasteiger partial charge in [0.05, 0.1) is 16.7 Å². The number of aryl methyl sites for hydroxylation is 3. The molecule has 5 heteroatoms. The molecule has 0 saturated carbocycles. The maximum absolute atomic E-state index is 9.13. The number of aromatic nitrogens is 2. The molecule has 2 aromatic rings. The molecule has 0 radical (unpaired) electrons. The molecule has 2 rings (SSSR count). The predicted octanol–water partition coefficient (Wildman–Crippen LogP) is 3.65. The number of hydrogen-bond donors (Lipinski definition) is 0. The molecule has 112 valence electrons. The zero-order valence-corrected chi connectivity index (χ0v) is 14.2. The highest BCUT2D eigenvalue weighted by Gasteiger charge is 2.18. The van der Waals surface area contributed by atoms with Gasteiger partial charge in [-0.3, -0.25) is 4.90 Å².